The van der Waals surface area contributed by atoms with Crippen molar-refractivity contribution in [1.82, 2.24) is 14.5 Å². The lowest BCUT2D eigenvalue weighted by atomic mass is 10.1. The average molecular weight is 454 g/mol. The highest BCUT2D eigenvalue weighted by Crippen LogP contribution is 2.26. The number of aromatic nitrogens is 2. The Labute approximate surface area is 193 Å². The first-order valence-electron chi connectivity index (χ1n) is 11.0. The van der Waals surface area contributed by atoms with Gasteiger partial charge in [-0.15, -0.1) is 0 Å². The molecule has 33 heavy (non-hydrogen) atoms. The van der Waals surface area contributed by atoms with Gasteiger partial charge in [-0.05, 0) is 36.8 Å². The summed E-state index contributed by atoms with van der Waals surface area (Å²) < 4.78 is 17.5. The normalized spacial score (nSPS) is 12.0. The molecular weight excluding hydrogens is 422 g/mol. The van der Waals surface area contributed by atoms with Gasteiger partial charge in [0.2, 0.25) is 0 Å². The highest BCUT2D eigenvalue weighted by atomic mass is 16.5. The summed E-state index contributed by atoms with van der Waals surface area (Å²) >= 11 is 0. The Morgan fingerprint density at radius 1 is 1.06 bits per heavy atom. The first-order chi connectivity index (χ1) is 16.0. The molecule has 0 spiro atoms. The van der Waals surface area contributed by atoms with Gasteiger partial charge in [-0.1, -0.05) is 25.1 Å². The summed E-state index contributed by atoms with van der Waals surface area (Å²) in [7, 11) is 4.75. The number of fused-ring (bicyclic) bond motifs is 1. The van der Waals surface area contributed by atoms with Crippen molar-refractivity contribution in [2.75, 3.05) is 41.1 Å². The van der Waals surface area contributed by atoms with Gasteiger partial charge in [0, 0.05) is 26.3 Å². The highest BCUT2D eigenvalue weighted by molar-refractivity contribution is 5.95. The summed E-state index contributed by atoms with van der Waals surface area (Å²) in [6.07, 6.45) is 0.567. The van der Waals surface area contributed by atoms with Crippen LogP contribution in [0.5, 0.6) is 5.75 Å². The van der Waals surface area contributed by atoms with Crippen LogP contribution in [0.3, 0.4) is 0 Å². The monoisotopic (exact) mass is 453 g/mol. The van der Waals surface area contributed by atoms with E-state index in [-0.39, 0.29) is 11.5 Å². The molecule has 3 aromatic rings. The number of hydrogen-bond donors (Lipinski definition) is 0. The number of benzene rings is 2. The molecule has 0 radical (unpaired) electrons. The third-order valence-corrected chi connectivity index (χ3v) is 5.59. The Morgan fingerprint density at radius 2 is 1.82 bits per heavy atom. The summed E-state index contributed by atoms with van der Waals surface area (Å²) in [5, 5.41) is 0.537. The van der Waals surface area contributed by atoms with Gasteiger partial charge in [0.1, 0.15) is 11.6 Å². The van der Waals surface area contributed by atoms with Gasteiger partial charge in [0.15, 0.2) is 0 Å². The largest absolute Gasteiger partial charge is 0.497 e. The van der Waals surface area contributed by atoms with Crippen LogP contribution in [0, 0.1) is 0 Å². The molecule has 0 aliphatic rings. The van der Waals surface area contributed by atoms with E-state index in [0.29, 0.717) is 60.8 Å². The van der Waals surface area contributed by atoms with E-state index in [1.807, 2.05) is 25.1 Å². The predicted molar refractivity (Wildman–Crippen MR) is 127 cm³/mol. The third-order valence-electron chi connectivity index (χ3n) is 5.59. The Kier molecular flexibility index (Phi) is 8.57. The van der Waals surface area contributed by atoms with Crippen LogP contribution in [-0.4, -0.2) is 61.4 Å². The lowest BCUT2D eigenvalue weighted by molar-refractivity contribution is 0.0574. The van der Waals surface area contributed by atoms with Gasteiger partial charge >= 0.3 is 0 Å². The van der Waals surface area contributed by atoms with Crippen molar-refractivity contribution in [1.29, 1.82) is 0 Å². The van der Waals surface area contributed by atoms with Crippen LogP contribution < -0.4 is 10.3 Å². The van der Waals surface area contributed by atoms with Crippen molar-refractivity contribution >= 4 is 16.8 Å². The van der Waals surface area contributed by atoms with E-state index >= 15 is 0 Å². The second-order valence-corrected chi connectivity index (χ2v) is 7.58. The summed E-state index contributed by atoms with van der Waals surface area (Å²) in [5.74, 6) is 0.950. The fourth-order valence-electron chi connectivity index (χ4n) is 3.89. The Morgan fingerprint density at radius 3 is 2.52 bits per heavy atom. The summed E-state index contributed by atoms with van der Waals surface area (Å²) in [4.78, 5) is 33.6. The SMILES string of the molecule is CCC(c1nc2ccccc2c(=O)n1CCOC)N(CCOC)C(=O)c1cccc(OC)c1. The van der Waals surface area contributed by atoms with E-state index in [9.17, 15) is 9.59 Å². The molecule has 0 aliphatic heterocycles. The minimum absolute atomic E-state index is 0.147. The number of amides is 1. The minimum atomic E-state index is -0.437. The van der Waals surface area contributed by atoms with Crippen LogP contribution in [0.15, 0.2) is 53.3 Å². The number of rotatable bonds is 11. The van der Waals surface area contributed by atoms with Crippen LogP contribution in [0.25, 0.3) is 10.9 Å². The molecule has 1 aromatic heterocycles. The fraction of sp³-hybridized carbons (Fsp3) is 0.400. The van der Waals surface area contributed by atoms with E-state index in [1.54, 1.807) is 61.1 Å². The van der Waals surface area contributed by atoms with Crippen molar-refractivity contribution in [3.8, 4) is 5.75 Å². The van der Waals surface area contributed by atoms with Crippen LogP contribution in [0.4, 0.5) is 0 Å². The fourth-order valence-corrected chi connectivity index (χ4v) is 3.89. The maximum absolute atomic E-state index is 13.6. The van der Waals surface area contributed by atoms with Crippen molar-refractivity contribution in [2.45, 2.75) is 25.9 Å². The van der Waals surface area contributed by atoms with Gasteiger partial charge in [-0.2, -0.15) is 0 Å². The molecule has 176 valence electrons. The standard InChI is InChI=1S/C25H31N3O5/c1-5-22(27(13-15-31-2)24(29)18-9-8-10-19(17-18)33-4)23-26-21-12-7-6-11-20(21)25(30)28(23)14-16-32-3/h6-12,17,22H,5,13-16H2,1-4H3. The van der Waals surface area contributed by atoms with Crippen molar-refractivity contribution < 1.29 is 19.0 Å². The molecular formula is C25H31N3O5. The van der Waals surface area contributed by atoms with Crippen LogP contribution in [-0.2, 0) is 16.0 Å². The number of nitrogens with zero attached hydrogens (tertiary/aromatic N) is 3. The number of carbonyl (C=O) groups excluding carboxylic acids is 1. The highest BCUT2D eigenvalue weighted by Gasteiger charge is 2.29. The number of carbonyl (C=O) groups is 1. The maximum Gasteiger partial charge on any atom is 0.261 e. The van der Waals surface area contributed by atoms with Crippen molar-refractivity contribution in [3.63, 3.8) is 0 Å². The zero-order chi connectivity index (χ0) is 23.8. The lowest BCUT2D eigenvalue weighted by Gasteiger charge is -2.32. The first-order valence-corrected chi connectivity index (χ1v) is 11.0. The second kappa shape index (κ2) is 11.6. The molecule has 0 bridgehead atoms. The molecule has 0 N–H and O–H groups in total. The molecule has 0 saturated carbocycles. The number of methoxy groups -OCH3 is 3. The van der Waals surface area contributed by atoms with E-state index in [0.717, 1.165) is 0 Å². The Balaban J connectivity index is 2.14. The molecule has 8 nitrogen and oxygen atoms in total. The molecule has 0 saturated heterocycles. The summed E-state index contributed by atoms with van der Waals surface area (Å²) in [6, 6.07) is 13.9. The van der Waals surface area contributed by atoms with Gasteiger partial charge in [0.05, 0.1) is 43.8 Å². The number of para-hydroxylation sites is 1. The van der Waals surface area contributed by atoms with Gasteiger partial charge < -0.3 is 19.1 Å². The van der Waals surface area contributed by atoms with Crippen LogP contribution >= 0.6 is 0 Å². The predicted octanol–water partition coefficient (Wildman–Crippen LogP) is 3.29. The minimum Gasteiger partial charge on any atom is -0.497 e. The van der Waals surface area contributed by atoms with E-state index in [4.69, 9.17) is 19.2 Å². The molecule has 3 rings (SSSR count). The molecule has 8 heteroatoms. The zero-order valence-electron chi connectivity index (χ0n) is 19.6. The smallest absolute Gasteiger partial charge is 0.261 e. The molecule has 2 aromatic carbocycles. The van der Waals surface area contributed by atoms with Gasteiger partial charge in [-0.25, -0.2) is 4.98 Å². The summed E-state index contributed by atoms with van der Waals surface area (Å²) in [5.41, 5.74) is 0.951. The van der Waals surface area contributed by atoms with Crippen molar-refractivity contribution in [3.05, 3.63) is 70.3 Å². The van der Waals surface area contributed by atoms with E-state index < -0.39 is 6.04 Å². The summed E-state index contributed by atoms with van der Waals surface area (Å²) in [6.45, 7) is 3.36. The molecule has 1 atom stereocenters. The van der Waals surface area contributed by atoms with Crippen LogP contribution in [0.2, 0.25) is 0 Å². The van der Waals surface area contributed by atoms with Gasteiger partial charge in [-0.3, -0.25) is 14.2 Å². The lowest BCUT2D eigenvalue weighted by Crippen LogP contribution is -2.41. The molecule has 1 unspecified atom stereocenters. The maximum atomic E-state index is 13.6. The molecule has 1 heterocycles. The topological polar surface area (TPSA) is 82.9 Å². The molecule has 1 amide bonds. The average Bonchev–Trinajstić information content (AvgIpc) is 2.85. The first kappa shape index (κ1) is 24.4. The van der Waals surface area contributed by atoms with E-state index in [2.05, 4.69) is 0 Å². The number of hydrogen-bond acceptors (Lipinski definition) is 6. The quantitative estimate of drug-likeness (QED) is 0.443. The third kappa shape index (κ3) is 5.40. The van der Waals surface area contributed by atoms with Gasteiger partial charge in [0.25, 0.3) is 11.5 Å². The zero-order valence-corrected chi connectivity index (χ0v) is 19.6. The molecule has 0 fully saturated rings. The Bertz CT molecular complexity index is 1140. The van der Waals surface area contributed by atoms with Crippen LogP contribution in [0.1, 0.15) is 35.6 Å². The van der Waals surface area contributed by atoms with Crippen molar-refractivity contribution in [2.24, 2.45) is 0 Å². The Hall–Kier alpha value is -3.23. The van der Waals surface area contributed by atoms with E-state index in [1.165, 1.54) is 0 Å². The molecule has 0 aliphatic carbocycles. The number of ether oxygens (including phenoxy) is 3. The second-order valence-electron chi connectivity index (χ2n) is 7.58.